The summed E-state index contributed by atoms with van der Waals surface area (Å²) in [6.07, 6.45) is 2.06. The molecule has 0 atom stereocenters. The van der Waals surface area contributed by atoms with Crippen molar-refractivity contribution in [1.82, 2.24) is 4.98 Å². The molecule has 0 aliphatic carbocycles. The van der Waals surface area contributed by atoms with Gasteiger partial charge < -0.3 is 5.32 Å². The van der Waals surface area contributed by atoms with Crippen LogP contribution in [0.25, 0.3) is 10.9 Å². The highest BCUT2D eigenvalue weighted by Crippen LogP contribution is 2.27. The molecule has 0 saturated carbocycles. The Kier molecular flexibility index (Phi) is 4.07. The van der Waals surface area contributed by atoms with Gasteiger partial charge in [-0.1, -0.05) is 25.4 Å². The third-order valence-electron chi connectivity index (χ3n) is 3.02. The van der Waals surface area contributed by atoms with E-state index in [1.165, 1.54) is 11.1 Å². The van der Waals surface area contributed by atoms with Gasteiger partial charge in [-0.25, -0.2) is 4.98 Å². The van der Waals surface area contributed by atoms with E-state index in [2.05, 4.69) is 43.2 Å². The van der Waals surface area contributed by atoms with E-state index in [1.807, 2.05) is 6.07 Å². The molecule has 0 aliphatic rings. The summed E-state index contributed by atoms with van der Waals surface area (Å²) in [5, 5.41) is 5.23. The molecule has 0 radical (unpaired) electrons. The molecule has 1 aromatic carbocycles. The third kappa shape index (κ3) is 2.59. The Hall–Kier alpha value is -1.28. The highest BCUT2D eigenvalue weighted by atomic mass is 35.5. The van der Waals surface area contributed by atoms with E-state index < -0.39 is 0 Å². The SMILES string of the molecule is CCCNc1nc2c(Cl)cc(C)cc2cc1CC. The monoisotopic (exact) mass is 262 g/mol. The van der Waals surface area contributed by atoms with Crippen LogP contribution in [0.2, 0.25) is 5.02 Å². The molecule has 0 unspecified atom stereocenters. The molecule has 3 heteroatoms. The second kappa shape index (κ2) is 5.57. The lowest BCUT2D eigenvalue weighted by Gasteiger charge is -2.12. The average molecular weight is 263 g/mol. The number of hydrogen-bond donors (Lipinski definition) is 1. The summed E-state index contributed by atoms with van der Waals surface area (Å²) in [4.78, 5) is 4.68. The van der Waals surface area contributed by atoms with Gasteiger partial charge in [-0.15, -0.1) is 0 Å². The van der Waals surface area contributed by atoms with Gasteiger partial charge in [-0.3, -0.25) is 0 Å². The van der Waals surface area contributed by atoms with Gasteiger partial charge in [0.2, 0.25) is 0 Å². The summed E-state index contributed by atoms with van der Waals surface area (Å²) in [7, 11) is 0. The Morgan fingerprint density at radius 2 is 2.00 bits per heavy atom. The fraction of sp³-hybridized carbons (Fsp3) is 0.400. The Balaban J connectivity index is 2.57. The summed E-state index contributed by atoms with van der Waals surface area (Å²) >= 11 is 6.27. The Morgan fingerprint density at radius 3 is 2.67 bits per heavy atom. The van der Waals surface area contributed by atoms with Crippen molar-refractivity contribution >= 4 is 28.3 Å². The van der Waals surface area contributed by atoms with E-state index in [4.69, 9.17) is 11.6 Å². The fourth-order valence-corrected chi connectivity index (χ4v) is 2.42. The van der Waals surface area contributed by atoms with Gasteiger partial charge in [0.05, 0.1) is 10.5 Å². The van der Waals surface area contributed by atoms with Gasteiger partial charge in [0, 0.05) is 11.9 Å². The number of halogens is 1. The number of aromatic nitrogens is 1. The van der Waals surface area contributed by atoms with Gasteiger partial charge in [-0.05, 0) is 49.1 Å². The van der Waals surface area contributed by atoms with E-state index in [0.717, 1.165) is 41.1 Å². The summed E-state index contributed by atoms with van der Waals surface area (Å²) in [6.45, 7) is 7.29. The van der Waals surface area contributed by atoms with Crippen LogP contribution in [0.15, 0.2) is 18.2 Å². The lowest BCUT2D eigenvalue weighted by atomic mass is 10.1. The van der Waals surface area contributed by atoms with Crippen LogP contribution in [0.4, 0.5) is 5.82 Å². The smallest absolute Gasteiger partial charge is 0.129 e. The van der Waals surface area contributed by atoms with Gasteiger partial charge in [-0.2, -0.15) is 0 Å². The first-order chi connectivity index (χ1) is 8.65. The molecular weight excluding hydrogens is 244 g/mol. The van der Waals surface area contributed by atoms with Gasteiger partial charge >= 0.3 is 0 Å². The molecule has 96 valence electrons. The van der Waals surface area contributed by atoms with Crippen LogP contribution in [-0.4, -0.2) is 11.5 Å². The normalized spacial score (nSPS) is 10.9. The molecule has 1 N–H and O–H groups in total. The van der Waals surface area contributed by atoms with Crippen molar-refractivity contribution in [2.45, 2.75) is 33.6 Å². The predicted octanol–water partition coefficient (Wildman–Crippen LogP) is 4.58. The van der Waals surface area contributed by atoms with E-state index in [9.17, 15) is 0 Å². The molecule has 0 amide bonds. The zero-order chi connectivity index (χ0) is 13.1. The van der Waals surface area contributed by atoms with Crippen molar-refractivity contribution in [3.8, 4) is 0 Å². The minimum atomic E-state index is 0.729. The van der Waals surface area contributed by atoms with Crippen LogP contribution >= 0.6 is 11.6 Å². The molecule has 0 fully saturated rings. The molecule has 18 heavy (non-hydrogen) atoms. The van der Waals surface area contributed by atoms with Crippen LogP contribution in [0.5, 0.6) is 0 Å². The minimum Gasteiger partial charge on any atom is -0.370 e. The molecule has 2 nitrogen and oxygen atoms in total. The molecule has 0 aliphatic heterocycles. The van der Waals surface area contributed by atoms with E-state index in [-0.39, 0.29) is 0 Å². The Morgan fingerprint density at radius 1 is 1.22 bits per heavy atom. The van der Waals surface area contributed by atoms with Crippen molar-refractivity contribution in [2.24, 2.45) is 0 Å². The number of nitrogens with one attached hydrogen (secondary N) is 1. The maximum absolute atomic E-state index is 6.27. The summed E-state index contributed by atoms with van der Waals surface area (Å²) in [5.74, 6) is 0.970. The number of pyridine rings is 1. The largest absolute Gasteiger partial charge is 0.370 e. The lowest BCUT2D eigenvalue weighted by Crippen LogP contribution is -2.05. The van der Waals surface area contributed by atoms with E-state index >= 15 is 0 Å². The summed E-state index contributed by atoms with van der Waals surface area (Å²) in [5.41, 5.74) is 3.31. The van der Waals surface area contributed by atoms with Crippen molar-refractivity contribution in [3.63, 3.8) is 0 Å². The van der Waals surface area contributed by atoms with Crippen LogP contribution in [-0.2, 0) is 6.42 Å². The first kappa shape index (κ1) is 13.2. The molecule has 2 rings (SSSR count). The molecule has 0 saturated heterocycles. The number of rotatable bonds is 4. The van der Waals surface area contributed by atoms with E-state index in [0.29, 0.717) is 0 Å². The molecule has 2 aromatic rings. The first-order valence-electron chi connectivity index (χ1n) is 6.49. The fourth-order valence-electron chi connectivity index (χ4n) is 2.10. The van der Waals surface area contributed by atoms with Crippen molar-refractivity contribution in [2.75, 3.05) is 11.9 Å². The molecular formula is C15H19ClN2. The average Bonchev–Trinajstić information content (AvgIpc) is 2.35. The zero-order valence-electron chi connectivity index (χ0n) is 11.2. The lowest BCUT2D eigenvalue weighted by molar-refractivity contribution is 0.962. The maximum Gasteiger partial charge on any atom is 0.129 e. The highest BCUT2D eigenvalue weighted by molar-refractivity contribution is 6.35. The number of nitrogens with zero attached hydrogens (tertiary/aromatic N) is 1. The quantitative estimate of drug-likeness (QED) is 0.872. The molecule has 1 aromatic heterocycles. The number of aryl methyl sites for hydroxylation is 2. The summed E-state index contributed by atoms with van der Waals surface area (Å²) < 4.78 is 0. The van der Waals surface area contributed by atoms with E-state index in [1.54, 1.807) is 0 Å². The number of hydrogen-bond acceptors (Lipinski definition) is 2. The second-order valence-corrected chi connectivity index (χ2v) is 5.00. The number of benzene rings is 1. The van der Waals surface area contributed by atoms with Gasteiger partial charge in [0.15, 0.2) is 0 Å². The number of fused-ring (bicyclic) bond motifs is 1. The second-order valence-electron chi connectivity index (χ2n) is 4.59. The number of anilines is 1. The van der Waals surface area contributed by atoms with Gasteiger partial charge in [0.25, 0.3) is 0 Å². The van der Waals surface area contributed by atoms with Crippen LogP contribution in [0, 0.1) is 6.92 Å². The van der Waals surface area contributed by atoms with Crippen LogP contribution in [0.1, 0.15) is 31.4 Å². The van der Waals surface area contributed by atoms with Gasteiger partial charge in [0.1, 0.15) is 5.82 Å². The topological polar surface area (TPSA) is 24.9 Å². The molecule has 0 bridgehead atoms. The van der Waals surface area contributed by atoms with Crippen LogP contribution < -0.4 is 5.32 Å². The molecule has 1 heterocycles. The zero-order valence-corrected chi connectivity index (χ0v) is 11.9. The minimum absolute atomic E-state index is 0.729. The summed E-state index contributed by atoms with van der Waals surface area (Å²) in [6, 6.07) is 6.29. The van der Waals surface area contributed by atoms with Crippen LogP contribution in [0.3, 0.4) is 0 Å². The standard InChI is InChI=1S/C15H19ClN2/c1-4-6-17-15-11(5-2)9-12-7-10(3)8-13(16)14(12)18-15/h7-9H,4-6H2,1-3H3,(H,17,18). The Bertz CT molecular complexity index is 564. The third-order valence-corrected chi connectivity index (χ3v) is 3.31. The van der Waals surface area contributed by atoms with Crippen molar-refractivity contribution in [3.05, 3.63) is 34.3 Å². The Labute approximate surface area is 113 Å². The molecule has 0 spiro atoms. The van der Waals surface area contributed by atoms with Crippen molar-refractivity contribution < 1.29 is 0 Å². The highest BCUT2D eigenvalue weighted by Gasteiger charge is 2.08. The predicted molar refractivity (Wildman–Crippen MR) is 79.6 cm³/mol. The maximum atomic E-state index is 6.27. The van der Waals surface area contributed by atoms with Crippen molar-refractivity contribution in [1.29, 1.82) is 0 Å². The first-order valence-corrected chi connectivity index (χ1v) is 6.87.